The predicted molar refractivity (Wildman–Crippen MR) is 42.9 cm³/mol. The molecular weight excluding hydrogens is 154 g/mol. The Labute approximate surface area is 68.5 Å². The van der Waals surface area contributed by atoms with Crippen molar-refractivity contribution in [2.24, 2.45) is 0 Å². The van der Waals surface area contributed by atoms with Gasteiger partial charge in [0.1, 0.15) is 0 Å². The summed E-state index contributed by atoms with van der Waals surface area (Å²) in [7, 11) is 0. The monoisotopic (exact) mass is 162 g/mol. The molecule has 0 amide bonds. The van der Waals surface area contributed by atoms with E-state index in [1.807, 2.05) is 35.2 Å². The van der Waals surface area contributed by atoms with E-state index in [4.69, 9.17) is 0 Å². The van der Waals surface area contributed by atoms with Gasteiger partial charge in [-0.1, -0.05) is 6.07 Å². The zero-order chi connectivity index (χ0) is 8.39. The number of aromatic nitrogens is 3. The second-order valence-electron chi connectivity index (χ2n) is 2.41. The van der Waals surface area contributed by atoms with Crippen molar-refractivity contribution >= 4 is 0 Å². The summed E-state index contributed by atoms with van der Waals surface area (Å²) in [5, 5.41) is 0. The van der Waals surface area contributed by atoms with Gasteiger partial charge in [-0.2, -0.15) is 4.98 Å². The molecule has 0 aliphatic rings. The third kappa shape index (κ3) is 1.14. The van der Waals surface area contributed by atoms with Gasteiger partial charge in [0.15, 0.2) is 0 Å². The Morgan fingerprint density at radius 3 is 2.50 bits per heavy atom. The van der Waals surface area contributed by atoms with Gasteiger partial charge in [0.05, 0.1) is 18.6 Å². The predicted octanol–water partition coefficient (Wildman–Crippen LogP) is -0.0203. The molecule has 12 heavy (non-hydrogen) atoms. The van der Waals surface area contributed by atoms with E-state index in [0.717, 1.165) is 5.82 Å². The highest BCUT2D eigenvalue weighted by molar-refractivity contribution is 5.02. The molecule has 0 aliphatic heterocycles. The van der Waals surface area contributed by atoms with Gasteiger partial charge < -0.3 is 0 Å². The summed E-state index contributed by atoms with van der Waals surface area (Å²) in [5.41, 5.74) is -0.193. The van der Waals surface area contributed by atoms with Gasteiger partial charge in [-0.25, -0.2) is 9.36 Å². The van der Waals surface area contributed by atoms with Crippen LogP contribution < -0.4 is 10.3 Å². The van der Waals surface area contributed by atoms with Crippen molar-refractivity contribution in [3.63, 3.8) is 0 Å². The maximum absolute atomic E-state index is 10.7. The minimum absolute atomic E-state index is 0.193. The van der Waals surface area contributed by atoms with E-state index < -0.39 is 0 Å². The Kier molecular flexibility index (Phi) is 1.51. The summed E-state index contributed by atoms with van der Waals surface area (Å²) >= 11 is 0. The molecule has 4 heteroatoms. The number of imidazole rings is 1. The first-order valence-corrected chi connectivity index (χ1v) is 3.60. The molecule has 0 bridgehead atoms. The smallest absolute Gasteiger partial charge is 0.286 e. The van der Waals surface area contributed by atoms with Crippen molar-refractivity contribution in [3.8, 4) is 5.82 Å². The molecule has 2 aromatic heterocycles. The third-order valence-electron chi connectivity index (χ3n) is 1.58. The Bertz CT molecular complexity index is 415. The van der Waals surface area contributed by atoms with Gasteiger partial charge >= 0.3 is 11.5 Å². The lowest BCUT2D eigenvalue weighted by atomic mass is 10.5. The summed E-state index contributed by atoms with van der Waals surface area (Å²) in [5.74, 6) is 0.737. The number of hydrogen-bond donors (Lipinski definition) is 2. The van der Waals surface area contributed by atoms with E-state index in [2.05, 4.69) is 9.97 Å². The molecule has 0 aliphatic carbocycles. The van der Waals surface area contributed by atoms with Gasteiger partial charge in [0, 0.05) is 0 Å². The SMILES string of the molecule is O=c1[nH]cc(-[n+]2ccccc2)[nH]1. The molecule has 2 N–H and O–H groups in total. The molecule has 2 aromatic rings. The van der Waals surface area contributed by atoms with E-state index in [0.29, 0.717) is 0 Å². The number of nitrogens with zero attached hydrogens (tertiary/aromatic N) is 1. The highest BCUT2D eigenvalue weighted by Gasteiger charge is 2.03. The van der Waals surface area contributed by atoms with Crippen molar-refractivity contribution in [2.45, 2.75) is 0 Å². The summed E-state index contributed by atoms with van der Waals surface area (Å²) in [6.07, 6.45) is 5.35. The first-order valence-electron chi connectivity index (χ1n) is 3.60. The van der Waals surface area contributed by atoms with Gasteiger partial charge in [0.25, 0.3) is 0 Å². The fraction of sp³-hybridized carbons (Fsp3) is 0. The molecule has 0 fully saturated rings. The molecular formula is C8H8N3O+. The summed E-state index contributed by atoms with van der Waals surface area (Å²) in [6, 6.07) is 5.71. The van der Waals surface area contributed by atoms with E-state index in [1.165, 1.54) is 0 Å². The minimum atomic E-state index is -0.193. The summed E-state index contributed by atoms with van der Waals surface area (Å²) < 4.78 is 1.82. The number of hydrogen-bond acceptors (Lipinski definition) is 1. The lowest BCUT2D eigenvalue weighted by Crippen LogP contribution is -2.30. The zero-order valence-electron chi connectivity index (χ0n) is 6.32. The second-order valence-corrected chi connectivity index (χ2v) is 2.41. The van der Waals surface area contributed by atoms with Crippen LogP contribution in [0.25, 0.3) is 5.82 Å². The molecule has 2 heterocycles. The first kappa shape index (κ1) is 6.84. The lowest BCUT2D eigenvalue weighted by molar-refractivity contribution is -0.599. The van der Waals surface area contributed by atoms with Gasteiger partial charge in [0.2, 0.25) is 0 Å². The number of nitrogens with one attached hydrogen (secondary N) is 2. The van der Waals surface area contributed by atoms with Gasteiger partial charge in [-0.05, 0) is 12.1 Å². The number of rotatable bonds is 1. The average Bonchev–Trinajstić information content (AvgIpc) is 2.54. The van der Waals surface area contributed by atoms with Gasteiger partial charge in [-0.15, -0.1) is 0 Å². The molecule has 0 atom stereocenters. The van der Waals surface area contributed by atoms with Crippen molar-refractivity contribution < 1.29 is 4.57 Å². The highest BCUT2D eigenvalue weighted by atomic mass is 16.1. The van der Waals surface area contributed by atoms with Crippen LogP contribution in [0, 0.1) is 0 Å². The Morgan fingerprint density at radius 1 is 1.17 bits per heavy atom. The highest BCUT2D eigenvalue weighted by Crippen LogP contribution is 1.85. The summed E-state index contributed by atoms with van der Waals surface area (Å²) in [6.45, 7) is 0. The molecule has 0 aromatic carbocycles. The Morgan fingerprint density at radius 2 is 1.92 bits per heavy atom. The van der Waals surface area contributed by atoms with Crippen molar-refractivity contribution in [3.05, 3.63) is 47.3 Å². The van der Waals surface area contributed by atoms with Crippen LogP contribution in [0.2, 0.25) is 0 Å². The zero-order valence-corrected chi connectivity index (χ0v) is 6.32. The van der Waals surface area contributed by atoms with Crippen LogP contribution in [0.4, 0.5) is 0 Å². The van der Waals surface area contributed by atoms with Gasteiger partial charge in [-0.3, -0.25) is 4.98 Å². The number of H-pyrrole nitrogens is 2. The van der Waals surface area contributed by atoms with E-state index in [1.54, 1.807) is 6.20 Å². The van der Waals surface area contributed by atoms with Crippen LogP contribution in [-0.4, -0.2) is 9.97 Å². The molecule has 0 radical (unpaired) electrons. The molecule has 60 valence electrons. The van der Waals surface area contributed by atoms with Crippen molar-refractivity contribution in [1.82, 2.24) is 9.97 Å². The van der Waals surface area contributed by atoms with E-state index >= 15 is 0 Å². The maximum atomic E-state index is 10.7. The fourth-order valence-electron chi connectivity index (χ4n) is 1.02. The van der Waals surface area contributed by atoms with E-state index in [9.17, 15) is 4.79 Å². The Hall–Kier alpha value is -1.84. The Balaban J connectivity index is 2.51. The van der Waals surface area contributed by atoms with Crippen LogP contribution in [0.5, 0.6) is 0 Å². The average molecular weight is 162 g/mol. The maximum Gasteiger partial charge on any atom is 0.410 e. The molecule has 0 unspecified atom stereocenters. The van der Waals surface area contributed by atoms with E-state index in [-0.39, 0.29) is 5.69 Å². The summed E-state index contributed by atoms with van der Waals surface area (Å²) in [4.78, 5) is 15.9. The first-order chi connectivity index (χ1) is 5.86. The molecule has 4 nitrogen and oxygen atoms in total. The second kappa shape index (κ2) is 2.65. The topological polar surface area (TPSA) is 52.5 Å². The van der Waals surface area contributed by atoms with Crippen LogP contribution in [0.15, 0.2) is 41.6 Å². The molecule has 2 rings (SSSR count). The van der Waals surface area contributed by atoms with Crippen LogP contribution in [0.3, 0.4) is 0 Å². The normalized spacial score (nSPS) is 10.0. The van der Waals surface area contributed by atoms with Crippen LogP contribution in [0.1, 0.15) is 0 Å². The third-order valence-corrected chi connectivity index (χ3v) is 1.58. The fourth-order valence-corrected chi connectivity index (χ4v) is 1.02. The molecule has 0 saturated heterocycles. The largest absolute Gasteiger partial charge is 0.410 e. The number of aromatic amines is 2. The molecule has 0 saturated carbocycles. The lowest BCUT2D eigenvalue weighted by Gasteiger charge is -1.89. The minimum Gasteiger partial charge on any atom is -0.286 e. The number of pyridine rings is 1. The quantitative estimate of drug-likeness (QED) is 0.569. The van der Waals surface area contributed by atoms with Crippen LogP contribution in [-0.2, 0) is 0 Å². The van der Waals surface area contributed by atoms with Crippen LogP contribution >= 0.6 is 0 Å². The van der Waals surface area contributed by atoms with Crippen molar-refractivity contribution in [2.75, 3.05) is 0 Å². The van der Waals surface area contributed by atoms with Crippen molar-refractivity contribution in [1.29, 1.82) is 0 Å². The standard InChI is InChI=1S/C8H7N3O/c12-8-9-6-7(10-8)11-4-2-1-3-5-11/h1-6H,(H-,9,10,12)/p+1. The molecule has 0 spiro atoms.